The molecule has 14 heavy (non-hydrogen) atoms. The summed E-state index contributed by atoms with van der Waals surface area (Å²) in [6.45, 7) is 1.55. The van der Waals surface area contributed by atoms with E-state index in [-0.39, 0.29) is 5.56 Å². The largest absolute Gasteiger partial charge is 0.366 e. The molecule has 1 aromatic rings. The SMILES string of the molecule is Cc1[nH]c(=O)[nH]c(=O)c1/C=C/C(N)=O. The molecule has 74 valence electrons. The van der Waals surface area contributed by atoms with Crippen molar-refractivity contribution in [3.05, 3.63) is 38.2 Å². The van der Waals surface area contributed by atoms with Gasteiger partial charge in [-0.05, 0) is 13.0 Å². The molecule has 0 aliphatic heterocycles. The van der Waals surface area contributed by atoms with Gasteiger partial charge in [-0.15, -0.1) is 0 Å². The van der Waals surface area contributed by atoms with E-state index in [0.29, 0.717) is 5.69 Å². The van der Waals surface area contributed by atoms with Crippen molar-refractivity contribution in [1.29, 1.82) is 0 Å². The quantitative estimate of drug-likeness (QED) is 0.519. The summed E-state index contributed by atoms with van der Waals surface area (Å²) in [6.07, 6.45) is 2.31. The van der Waals surface area contributed by atoms with Crippen molar-refractivity contribution in [3.63, 3.8) is 0 Å². The lowest BCUT2D eigenvalue weighted by Gasteiger charge is -1.96. The third kappa shape index (κ3) is 2.19. The van der Waals surface area contributed by atoms with E-state index in [1.807, 2.05) is 4.98 Å². The zero-order chi connectivity index (χ0) is 10.7. The second kappa shape index (κ2) is 3.73. The van der Waals surface area contributed by atoms with Crippen LogP contribution in [0.1, 0.15) is 11.3 Å². The van der Waals surface area contributed by atoms with Gasteiger partial charge < -0.3 is 10.7 Å². The van der Waals surface area contributed by atoms with Crippen LogP contribution in [0, 0.1) is 6.92 Å². The highest BCUT2D eigenvalue weighted by Gasteiger charge is 2.01. The molecule has 1 heterocycles. The van der Waals surface area contributed by atoms with Crippen molar-refractivity contribution in [3.8, 4) is 0 Å². The molecular weight excluding hydrogens is 186 g/mol. The van der Waals surface area contributed by atoms with Gasteiger partial charge in [-0.1, -0.05) is 0 Å². The van der Waals surface area contributed by atoms with E-state index in [9.17, 15) is 14.4 Å². The number of aryl methyl sites for hydroxylation is 1. The van der Waals surface area contributed by atoms with E-state index in [1.165, 1.54) is 6.08 Å². The maximum Gasteiger partial charge on any atom is 0.325 e. The van der Waals surface area contributed by atoms with Crippen LogP contribution in [0.5, 0.6) is 0 Å². The summed E-state index contributed by atoms with van der Waals surface area (Å²) in [5.41, 5.74) is 4.33. The van der Waals surface area contributed by atoms with E-state index in [1.54, 1.807) is 6.92 Å². The monoisotopic (exact) mass is 195 g/mol. The number of aromatic amines is 2. The molecule has 0 aliphatic rings. The normalized spacial score (nSPS) is 10.6. The van der Waals surface area contributed by atoms with Gasteiger partial charge in [0.15, 0.2) is 0 Å². The minimum atomic E-state index is -0.657. The van der Waals surface area contributed by atoms with Gasteiger partial charge in [0.25, 0.3) is 5.56 Å². The zero-order valence-electron chi connectivity index (χ0n) is 7.46. The van der Waals surface area contributed by atoms with Crippen LogP contribution in [-0.4, -0.2) is 15.9 Å². The summed E-state index contributed by atoms with van der Waals surface area (Å²) in [4.78, 5) is 36.8. The number of aromatic nitrogens is 2. The number of carbonyl (C=O) groups excluding carboxylic acids is 1. The van der Waals surface area contributed by atoms with Gasteiger partial charge in [0.05, 0.1) is 5.56 Å². The first-order valence-electron chi connectivity index (χ1n) is 3.81. The molecular formula is C8H9N3O3. The summed E-state index contributed by atoms with van der Waals surface area (Å²) >= 11 is 0. The van der Waals surface area contributed by atoms with Gasteiger partial charge in [0.1, 0.15) is 0 Å². The highest BCUT2D eigenvalue weighted by molar-refractivity contribution is 5.90. The second-order valence-corrected chi connectivity index (χ2v) is 2.68. The van der Waals surface area contributed by atoms with E-state index in [2.05, 4.69) is 4.98 Å². The summed E-state index contributed by atoms with van der Waals surface area (Å²) in [7, 11) is 0. The van der Waals surface area contributed by atoms with Gasteiger partial charge >= 0.3 is 5.69 Å². The number of nitrogens with two attached hydrogens (primary N) is 1. The van der Waals surface area contributed by atoms with Crippen molar-refractivity contribution in [2.24, 2.45) is 5.73 Å². The Morgan fingerprint density at radius 3 is 2.50 bits per heavy atom. The minimum Gasteiger partial charge on any atom is -0.366 e. The Morgan fingerprint density at radius 1 is 1.36 bits per heavy atom. The third-order valence-electron chi connectivity index (χ3n) is 1.59. The van der Waals surface area contributed by atoms with Gasteiger partial charge in [-0.2, -0.15) is 0 Å². The molecule has 0 bridgehead atoms. The van der Waals surface area contributed by atoms with Gasteiger partial charge in [0.2, 0.25) is 5.91 Å². The van der Waals surface area contributed by atoms with Crippen molar-refractivity contribution in [1.82, 2.24) is 9.97 Å². The van der Waals surface area contributed by atoms with Crippen molar-refractivity contribution in [2.45, 2.75) is 6.92 Å². The second-order valence-electron chi connectivity index (χ2n) is 2.68. The molecule has 0 atom stereocenters. The fraction of sp³-hybridized carbons (Fsp3) is 0.125. The number of hydrogen-bond donors (Lipinski definition) is 3. The summed E-state index contributed by atoms with van der Waals surface area (Å²) in [5, 5.41) is 0. The van der Waals surface area contributed by atoms with E-state index < -0.39 is 17.2 Å². The van der Waals surface area contributed by atoms with Crippen LogP contribution in [0.25, 0.3) is 6.08 Å². The average molecular weight is 195 g/mol. The predicted octanol–water partition coefficient (Wildman–Crippen LogP) is -1.13. The van der Waals surface area contributed by atoms with E-state index in [4.69, 9.17) is 5.73 Å². The molecule has 0 unspecified atom stereocenters. The maximum atomic E-state index is 11.2. The molecule has 0 saturated carbocycles. The lowest BCUT2D eigenvalue weighted by atomic mass is 10.2. The van der Waals surface area contributed by atoms with Gasteiger partial charge in [-0.25, -0.2) is 4.79 Å². The number of amides is 1. The van der Waals surface area contributed by atoms with Crippen LogP contribution in [0.3, 0.4) is 0 Å². The summed E-state index contributed by atoms with van der Waals surface area (Å²) < 4.78 is 0. The van der Waals surface area contributed by atoms with Gasteiger partial charge in [0, 0.05) is 11.8 Å². The highest BCUT2D eigenvalue weighted by atomic mass is 16.2. The summed E-state index contributed by atoms with van der Waals surface area (Å²) in [5.74, 6) is -0.657. The lowest BCUT2D eigenvalue weighted by molar-refractivity contribution is -0.113. The van der Waals surface area contributed by atoms with Crippen molar-refractivity contribution < 1.29 is 4.79 Å². The lowest BCUT2D eigenvalue weighted by Crippen LogP contribution is -2.25. The fourth-order valence-corrected chi connectivity index (χ4v) is 0.976. The van der Waals surface area contributed by atoms with Crippen LogP contribution < -0.4 is 17.0 Å². The molecule has 1 rings (SSSR count). The number of primary amides is 1. The topological polar surface area (TPSA) is 109 Å². The van der Waals surface area contributed by atoms with Crippen molar-refractivity contribution in [2.75, 3.05) is 0 Å². The molecule has 4 N–H and O–H groups in total. The zero-order valence-corrected chi connectivity index (χ0v) is 7.46. The van der Waals surface area contributed by atoms with Crippen LogP contribution in [0.15, 0.2) is 15.7 Å². The first kappa shape index (κ1) is 9.97. The van der Waals surface area contributed by atoms with Crippen LogP contribution in [0.4, 0.5) is 0 Å². The number of carbonyl (C=O) groups is 1. The minimum absolute atomic E-state index is 0.211. The molecule has 0 aromatic carbocycles. The molecule has 1 aromatic heterocycles. The smallest absolute Gasteiger partial charge is 0.325 e. The Labute approximate surface area is 78.5 Å². The highest BCUT2D eigenvalue weighted by Crippen LogP contribution is 1.96. The van der Waals surface area contributed by atoms with E-state index in [0.717, 1.165) is 6.08 Å². The molecule has 0 spiro atoms. The third-order valence-corrected chi connectivity index (χ3v) is 1.59. The standard InChI is InChI=1S/C8H9N3O3/c1-4-5(2-3-6(9)12)7(13)11-8(14)10-4/h2-3H,1H3,(H2,9,12)(H2,10,11,13,14)/b3-2+. The predicted molar refractivity (Wildman–Crippen MR) is 50.6 cm³/mol. The number of nitrogens with one attached hydrogen (secondary N) is 2. The molecule has 0 radical (unpaired) electrons. The van der Waals surface area contributed by atoms with Crippen molar-refractivity contribution >= 4 is 12.0 Å². The number of H-pyrrole nitrogens is 2. The average Bonchev–Trinajstić information content (AvgIpc) is 2.01. The Kier molecular flexibility index (Phi) is 2.66. The Hall–Kier alpha value is -2.11. The molecule has 6 heteroatoms. The molecule has 0 aliphatic carbocycles. The number of rotatable bonds is 2. The Morgan fingerprint density at radius 2 is 2.00 bits per heavy atom. The van der Waals surface area contributed by atoms with Crippen LogP contribution >= 0.6 is 0 Å². The molecule has 1 amide bonds. The first-order chi connectivity index (χ1) is 6.50. The molecule has 0 fully saturated rings. The first-order valence-corrected chi connectivity index (χ1v) is 3.81. The Bertz CT molecular complexity index is 495. The Balaban J connectivity index is 3.29. The summed E-state index contributed by atoms with van der Waals surface area (Å²) in [6, 6.07) is 0. The van der Waals surface area contributed by atoms with E-state index >= 15 is 0 Å². The molecule has 0 saturated heterocycles. The van der Waals surface area contributed by atoms with Crippen LogP contribution in [-0.2, 0) is 4.79 Å². The van der Waals surface area contributed by atoms with Crippen LogP contribution in [0.2, 0.25) is 0 Å². The molecule has 6 nitrogen and oxygen atoms in total. The number of hydrogen-bond acceptors (Lipinski definition) is 3. The van der Waals surface area contributed by atoms with Gasteiger partial charge in [-0.3, -0.25) is 14.6 Å². The maximum absolute atomic E-state index is 11.2. The fourth-order valence-electron chi connectivity index (χ4n) is 0.976.